The molecule has 1 saturated carbocycles. The van der Waals surface area contributed by atoms with Gasteiger partial charge < -0.3 is 5.73 Å². The molecule has 0 aliphatic heterocycles. The van der Waals surface area contributed by atoms with E-state index in [0.29, 0.717) is 11.8 Å². The maximum atomic E-state index is 12.6. The van der Waals surface area contributed by atoms with Gasteiger partial charge in [0, 0.05) is 6.04 Å². The summed E-state index contributed by atoms with van der Waals surface area (Å²) < 4.78 is 12.6. The van der Waals surface area contributed by atoms with Crippen molar-refractivity contribution in [1.82, 2.24) is 0 Å². The summed E-state index contributed by atoms with van der Waals surface area (Å²) in [5.41, 5.74) is 7.01. The van der Waals surface area contributed by atoms with E-state index in [-0.39, 0.29) is 11.9 Å². The highest BCUT2D eigenvalue weighted by Gasteiger charge is 2.40. The van der Waals surface area contributed by atoms with Crippen LogP contribution < -0.4 is 5.73 Å². The summed E-state index contributed by atoms with van der Waals surface area (Å²) in [5, 5.41) is 0. The molecule has 1 aliphatic rings. The lowest BCUT2D eigenvalue weighted by Crippen LogP contribution is -2.17. The van der Waals surface area contributed by atoms with E-state index in [1.807, 2.05) is 19.1 Å². The average Bonchev–Trinajstić information content (AvgIpc) is 2.85. The van der Waals surface area contributed by atoms with Crippen molar-refractivity contribution in [3.63, 3.8) is 0 Å². The molecule has 2 N–H and O–H groups in total. The number of hydrogen-bond acceptors (Lipinski definition) is 1. The Kier molecular flexibility index (Phi) is 2.08. The lowest BCUT2D eigenvalue weighted by molar-refractivity contribution is 0.622. The van der Waals surface area contributed by atoms with E-state index in [0.717, 1.165) is 6.42 Å². The standard InChI is InChI=1S/C11H14FN/c1-7(13)10-6-11(10)8-2-4-9(12)5-3-8/h2-5,7,10-11H,6,13H2,1H3/t7?,10-,11-/m1/s1. The molecular formula is C11H14FN. The van der Waals surface area contributed by atoms with Gasteiger partial charge in [0.25, 0.3) is 0 Å². The minimum absolute atomic E-state index is 0.165. The molecule has 1 nitrogen and oxygen atoms in total. The Labute approximate surface area is 77.8 Å². The SMILES string of the molecule is CC(N)[C@H]1C[C@@H]1c1ccc(F)cc1. The Bertz CT molecular complexity index is 291. The maximum absolute atomic E-state index is 12.6. The number of nitrogens with two attached hydrogens (primary N) is 1. The van der Waals surface area contributed by atoms with E-state index in [1.54, 1.807) is 0 Å². The van der Waals surface area contributed by atoms with Crippen molar-refractivity contribution in [2.75, 3.05) is 0 Å². The molecule has 0 bridgehead atoms. The summed E-state index contributed by atoms with van der Waals surface area (Å²) in [5.74, 6) is 1.01. The number of rotatable bonds is 2. The molecule has 1 unspecified atom stereocenters. The normalized spacial score (nSPS) is 28.5. The zero-order chi connectivity index (χ0) is 9.42. The Hall–Kier alpha value is -0.890. The molecule has 1 aromatic carbocycles. The van der Waals surface area contributed by atoms with Crippen molar-refractivity contribution in [1.29, 1.82) is 0 Å². The molecule has 0 heterocycles. The smallest absolute Gasteiger partial charge is 0.123 e. The first-order valence-corrected chi connectivity index (χ1v) is 4.69. The van der Waals surface area contributed by atoms with Crippen LogP contribution in [0.15, 0.2) is 24.3 Å². The summed E-state index contributed by atoms with van der Waals surface area (Å²) in [7, 11) is 0. The predicted molar refractivity (Wildman–Crippen MR) is 50.9 cm³/mol. The molecule has 1 aliphatic carbocycles. The highest BCUT2D eigenvalue weighted by atomic mass is 19.1. The third kappa shape index (κ3) is 1.73. The molecule has 2 rings (SSSR count). The Morgan fingerprint density at radius 1 is 1.38 bits per heavy atom. The topological polar surface area (TPSA) is 26.0 Å². The molecule has 1 fully saturated rings. The molecule has 3 atom stereocenters. The summed E-state index contributed by atoms with van der Waals surface area (Å²) in [6, 6.07) is 7.03. The van der Waals surface area contributed by atoms with Gasteiger partial charge in [0.05, 0.1) is 0 Å². The Morgan fingerprint density at radius 3 is 2.46 bits per heavy atom. The third-order valence-electron chi connectivity index (χ3n) is 2.81. The van der Waals surface area contributed by atoms with Gasteiger partial charge in [-0.3, -0.25) is 0 Å². The van der Waals surface area contributed by atoms with Gasteiger partial charge in [-0.05, 0) is 42.9 Å². The Morgan fingerprint density at radius 2 is 2.00 bits per heavy atom. The van der Waals surface area contributed by atoms with E-state index in [2.05, 4.69) is 0 Å². The molecular weight excluding hydrogens is 165 g/mol. The molecule has 0 spiro atoms. The van der Waals surface area contributed by atoms with Crippen LogP contribution >= 0.6 is 0 Å². The maximum Gasteiger partial charge on any atom is 0.123 e. The second-order valence-corrected chi connectivity index (χ2v) is 3.92. The molecule has 0 radical (unpaired) electrons. The van der Waals surface area contributed by atoms with Crippen molar-refractivity contribution in [2.24, 2.45) is 11.7 Å². The summed E-state index contributed by atoms with van der Waals surface area (Å²) >= 11 is 0. The van der Waals surface area contributed by atoms with Crippen LogP contribution in [0.3, 0.4) is 0 Å². The minimum atomic E-state index is -0.165. The first-order chi connectivity index (χ1) is 6.18. The van der Waals surface area contributed by atoms with Crippen LogP contribution in [-0.2, 0) is 0 Å². The second kappa shape index (κ2) is 3.11. The van der Waals surface area contributed by atoms with E-state index in [9.17, 15) is 4.39 Å². The lowest BCUT2D eigenvalue weighted by Gasteiger charge is -2.03. The summed E-state index contributed by atoms with van der Waals surface area (Å²) in [4.78, 5) is 0. The minimum Gasteiger partial charge on any atom is -0.328 e. The molecule has 70 valence electrons. The van der Waals surface area contributed by atoms with Crippen LogP contribution in [-0.4, -0.2) is 6.04 Å². The zero-order valence-corrected chi connectivity index (χ0v) is 7.70. The van der Waals surface area contributed by atoms with Gasteiger partial charge in [0.15, 0.2) is 0 Å². The fraction of sp³-hybridized carbons (Fsp3) is 0.455. The molecule has 13 heavy (non-hydrogen) atoms. The van der Waals surface area contributed by atoms with Crippen LogP contribution in [0.4, 0.5) is 4.39 Å². The van der Waals surface area contributed by atoms with Gasteiger partial charge in [-0.15, -0.1) is 0 Å². The zero-order valence-electron chi connectivity index (χ0n) is 7.70. The highest BCUT2D eigenvalue weighted by Crippen LogP contribution is 2.48. The quantitative estimate of drug-likeness (QED) is 0.740. The van der Waals surface area contributed by atoms with Crippen LogP contribution in [0, 0.1) is 11.7 Å². The van der Waals surface area contributed by atoms with Crippen LogP contribution in [0.5, 0.6) is 0 Å². The molecule has 0 aromatic heterocycles. The fourth-order valence-corrected chi connectivity index (χ4v) is 1.89. The van der Waals surface area contributed by atoms with Crippen molar-refractivity contribution in [3.8, 4) is 0 Å². The predicted octanol–water partition coefficient (Wildman–Crippen LogP) is 2.28. The number of benzene rings is 1. The van der Waals surface area contributed by atoms with E-state index < -0.39 is 0 Å². The molecule has 0 saturated heterocycles. The van der Waals surface area contributed by atoms with Crippen LogP contribution in [0.2, 0.25) is 0 Å². The average molecular weight is 179 g/mol. The van der Waals surface area contributed by atoms with E-state index in [1.165, 1.54) is 17.7 Å². The van der Waals surface area contributed by atoms with E-state index >= 15 is 0 Å². The van der Waals surface area contributed by atoms with Gasteiger partial charge in [-0.1, -0.05) is 12.1 Å². The van der Waals surface area contributed by atoms with Crippen molar-refractivity contribution < 1.29 is 4.39 Å². The largest absolute Gasteiger partial charge is 0.328 e. The van der Waals surface area contributed by atoms with Gasteiger partial charge >= 0.3 is 0 Å². The third-order valence-corrected chi connectivity index (χ3v) is 2.81. The first-order valence-electron chi connectivity index (χ1n) is 4.69. The van der Waals surface area contributed by atoms with Gasteiger partial charge in [0.2, 0.25) is 0 Å². The summed E-state index contributed by atoms with van der Waals surface area (Å²) in [6.45, 7) is 2.04. The molecule has 1 aromatic rings. The number of halogens is 1. The molecule has 2 heteroatoms. The lowest BCUT2D eigenvalue weighted by atomic mass is 10.1. The first kappa shape index (κ1) is 8.70. The monoisotopic (exact) mass is 179 g/mol. The van der Waals surface area contributed by atoms with Gasteiger partial charge in [-0.2, -0.15) is 0 Å². The number of hydrogen-bond donors (Lipinski definition) is 1. The van der Waals surface area contributed by atoms with Crippen molar-refractivity contribution >= 4 is 0 Å². The van der Waals surface area contributed by atoms with Crippen LogP contribution in [0.25, 0.3) is 0 Å². The van der Waals surface area contributed by atoms with Crippen LogP contribution in [0.1, 0.15) is 24.8 Å². The second-order valence-electron chi connectivity index (χ2n) is 3.92. The Balaban J connectivity index is 2.08. The highest BCUT2D eigenvalue weighted by molar-refractivity contribution is 5.26. The van der Waals surface area contributed by atoms with Crippen molar-refractivity contribution in [3.05, 3.63) is 35.6 Å². The fourth-order valence-electron chi connectivity index (χ4n) is 1.89. The van der Waals surface area contributed by atoms with Crippen molar-refractivity contribution in [2.45, 2.75) is 25.3 Å². The molecule has 0 amide bonds. The summed E-state index contributed by atoms with van der Waals surface area (Å²) in [6.07, 6.45) is 1.16. The van der Waals surface area contributed by atoms with Gasteiger partial charge in [0.1, 0.15) is 5.82 Å². The van der Waals surface area contributed by atoms with E-state index in [4.69, 9.17) is 5.73 Å². The van der Waals surface area contributed by atoms with Gasteiger partial charge in [-0.25, -0.2) is 4.39 Å².